The van der Waals surface area contributed by atoms with Gasteiger partial charge in [0.1, 0.15) is 11.5 Å². The SMILES string of the molecule is CCN(CC1CCCN1)c1ccc(F)cc1[N+](=O)[O-]. The van der Waals surface area contributed by atoms with Gasteiger partial charge in [0, 0.05) is 19.1 Å². The summed E-state index contributed by atoms with van der Waals surface area (Å²) in [5.41, 5.74) is 0.322. The van der Waals surface area contributed by atoms with E-state index in [1.807, 2.05) is 11.8 Å². The maximum absolute atomic E-state index is 13.1. The molecule has 0 aromatic heterocycles. The van der Waals surface area contributed by atoms with Gasteiger partial charge in [0.15, 0.2) is 0 Å². The smallest absolute Gasteiger partial charge is 0.295 e. The van der Waals surface area contributed by atoms with Crippen molar-refractivity contribution in [2.24, 2.45) is 0 Å². The Balaban J connectivity index is 2.23. The molecule has 1 aliphatic rings. The van der Waals surface area contributed by atoms with E-state index in [1.54, 1.807) is 0 Å². The van der Waals surface area contributed by atoms with Crippen LogP contribution in [-0.2, 0) is 0 Å². The Labute approximate surface area is 111 Å². The number of hydrogen-bond donors (Lipinski definition) is 1. The van der Waals surface area contributed by atoms with Crippen LogP contribution in [-0.4, -0.2) is 30.6 Å². The van der Waals surface area contributed by atoms with E-state index in [2.05, 4.69) is 5.32 Å². The lowest BCUT2D eigenvalue weighted by Gasteiger charge is -2.26. The Kier molecular flexibility index (Phi) is 4.31. The highest BCUT2D eigenvalue weighted by Crippen LogP contribution is 2.29. The predicted octanol–water partition coefficient (Wildman–Crippen LogP) is 2.31. The first-order chi connectivity index (χ1) is 9.11. The summed E-state index contributed by atoms with van der Waals surface area (Å²) in [7, 11) is 0. The normalized spacial score (nSPS) is 18.5. The first-order valence-corrected chi connectivity index (χ1v) is 6.54. The van der Waals surface area contributed by atoms with Crippen LogP contribution >= 0.6 is 0 Å². The van der Waals surface area contributed by atoms with Gasteiger partial charge in [-0.1, -0.05) is 0 Å². The van der Waals surface area contributed by atoms with Crippen molar-refractivity contribution < 1.29 is 9.31 Å². The van der Waals surface area contributed by atoms with E-state index in [0.717, 1.165) is 25.5 Å². The molecule has 6 heteroatoms. The van der Waals surface area contributed by atoms with Crippen LogP contribution in [0.2, 0.25) is 0 Å². The molecule has 0 radical (unpaired) electrons. The molecule has 1 heterocycles. The van der Waals surface area contributed by atoms with Crippen LogP contribution in [0.4, 0.5) is 15.8 Å². The first kappa shape index (κ1) is 13.7. The van der Waals surface area contributed by atoms with E-state index in [4.69, 9.17) is 0 Å². The van der Waals surface area contributed by atoms with Gasteiger partial charge in [-0.25, -0.2) is 4.39 Å². The second kappa shape index (κ2) is 5.97. The summed E-state index contributed by atoms with van der Waals surface area (Å²) in [4.78, 5) is 12.4. The van der Waals surface area contributed by atoms with Crippen molar-refractivity contribution in [3.8, 4) is 0 Å². The van der Waals surface area contributed by atoms with Crippen molar-refractivity contribution in [1.82, 2.24) is 5.32 Å². The highest BCUT2D eigenvalue weighted by Gasteiger charge is 2.23. The lowest BCUT2D eigenvalue weighted by atomic mass is 10.2. The largest absolute Gasteiger partial charge is 0.365 e. The molecule has 1 saturated heterocycles. The zero-order chi connectivity index (χ0) is 13.8. The quantitative estimate of drug-likeness (QED) is 0.657. The van der Waals surface area contributed by atoms with Crippen LogP contribution in [0.5, 0.6) is 0 Å². The van der Waals surface area contributed by atoms with Gasteiger partial charge in [0.2, 0.25) is 0 Å². The van der Waals surface area contributed by atoms with E-state index in [1.165, 1.54) is 12.1 Å². The summed E-state index contributed by atoms with van der Waals surface area (Å²) in [5.74, 6) is -0.578. The molecule has 0 bridgehead atoms. The van der Waals surface area contributed by atoms with Crippen molar-refractivity contribution in [3.05, 3.63) is 34.1 Å². The molecule has 1 N–H and O–H groups in total. The van der Waals surface area contributed by atoms with Crippen molar-refractivity contribution in [3.63, 3.8) is 0 Å². The fourth-order valence-electron chi connectivity index (χ4n) is 2.49. The average molecular weight is 267 g/mol. The molecule has 104 valence electrons. The number of nitrogens with one attached hydrogen (secondary N) is 1. The van der Waals surface area contributed by atoms with Crippen molar-refractivity contribution >= 4 is 11.4 Å². The van der Waals surface area contributed by atoms with E-state index in [0.29, 0.717) is 24.8 Å². The zero-order valence-electron chi connectivity index (χ0n) is 10.9. The highest BCUT2D eigenvalue weighted by atomic mass is 19.1. The minimum Gasteiger partial charge on any atom is -0.365 e. The lowest BCUT2D eigenvalue weighted by Crippen LogP contribution is -2.37. The van der Waals surface area contributed by atoms with Crippen LogP contribution < -0.4 is 10.2 Å². The Bertz CT molecular complexity index is 461. The zero-order valence-corrected chi connectivity index (χ0v) is 10.9. The molecule has 0 aliphatic carbocycles. The molecule has 1 unspecified atom stereocenters. The van der Waals surface area contributed by atoms with Crippen molar-refractivity contribution in [2.45, 2.75) is 25.8 Å². The van der Waals surface area contributed by atoms with E-state index in [-0.39, 0.29) is 5.69 Å². The standard InChI is InChI=1S/C13H18FN3O2/c1-2-16(9-11-4-3-7-15-11)12-6-5-10(14)8-13(12)17(18)19/h5-6,8,11,15H,2-4,7,9H2,1H3. The number of nitrogens with zero attached hydrogens (tertiary/aromatic N) is 2. The van der Waals surface area contributed by atoms with Gasteiger partial charge in [-0.05, 0) is 38.4 Å². The summed E-state index contributed by atoms with van der Waals surface area (Å²) < 4.78 is 13.1. The monoisotopic (exact) mass is 267 g/mol. The van der Waals surface area contributed by atoms with Gasteiger partial charge in [-0.2, -0.15) is 0 Å². The number of nitro benzene ring substituents is 1. The highest BCUT2D eigenvalue weighted by molar-refractivity contribution is 5.63. The predicted molar refractivity (Wildman–Crippen MR) is 72.0 cm³/mol. The van der Waals surface area contributed by atoms with Crippen LogP contribution in [0, 0.1) is 15.9 Å². The average Bonchev–Trinajstić information content (AvgIpc) is 2.89. The van der Waals surface area contributed by atoms with Gasteiger partial charge in [0.25, 0.3) is 5.69 Å². The summed E-state index contributed by atoms with van der Waals surface area (Å²) in [5, 5.41) is 14.4. The first-order valence-electron chi connectivity index (χ1n) is 6.54. The van der Waals surface area contributed by atoms with E-state index in [9.17, 15) is 14.5 Å². The Morgan fingerprint density at radius 1 is 1.58 bits per heavy atom. The second-order valence-electron chi connectivity index (χ2n) is 4.72. The Morgan fingerprint density at radius 2 is 2.37 bits per heavy atom. The summed E-state index contributed by atoms with van der Waals surface area (Å²) in [6.07, 6.45) is 2.21. The summed E-state index contributed by atoms with van der Waals surface area (Å²) in [6.45, 7) is 4.31. The number of anilines is 1. The van der Waals surface area contributed by atoms with Crippen LogP contribution in [0.3, 0.4) is 0 Å². The molecule has 1 aromatic rings. The summed E-state index contributed by atoms with van der Waals surface area (Å²) in [6, 6.07) is 4.10. The Hall–Kier alpha value is -1.69. The van der Waals surface area contributed by atoms with Gasteiger partial charge >= 0.3 is 0 Å². The maximum atomic E-state index is 13.1. The van der Waals surface area contributed by atoms with Crippen LogP contribution in [0.1, 0.15) is 19.8 Å². The van der Waals surface area contributed by atoms with E-state index < -0.39 is 10.7 Å². The minimum absolute atomic E-state index is 0.167. The van der Waals surface area contributed by atoms with Crippen molar-refractivity contribution in [2.75, 3.05) is 24.5 Å². The van der Waals surface area contributed by atoms with Gasteiger partial charge < -0.3 is 10.2 Å². The van der Waals surface area contributed by atoms with Gasteiger partial charge in [-0.15, -0.1) is 0 Å². The minimum atomic E-state index is -0.578. The maximum Gasteiger partial charge on any atom is 0.295 e. The lowest BCUT2D eigenvalue weighted by molar-refractivity contribution is -0.384. The Morgan fingerprint density at radius 3 is 2.95 bits per heavy atom. The van der Waals surface area contributed by atoms with Crippen molar-refractivity contribution in [1.29, 1.82) is 0 Å². The number of hydrogen-bond acceptors (Lipinski definition) is 4. The molecular formula is C13H18FN3O2. The van der Waals surface area contributed by atoms with Crippen LogP contribution in [0.25, 0.3) is 0 Å². The van der Waals surface area contributed by atoms with Gasteiger partial charge in [0.05, 0.1) is 11.0 Å². The third-order valence-electron chi connectivity index (χ3n) is 3.46. The molecule has 2 rings (SSSR count). The number of likely N-dealkylation sites (N-methyl/N-ethyl adjacent to an activating group) is 1. The third-order valence-corrected chi connectivity index (χ3v) is 3.46. The van der Waals surface area contributed by atoms with E-state index >= 15 is 0 Å². The summed E-state index contributed by atoms with van der Waals surface area (Å²) >= 11 is 0. The molecule has 19 heavy (non-hydrogen) atoms. The molecule has 0 saturated carbocycles. The fraction of sp³-hybridized carbons (Fsp3) is 0.538. The number of benzene rings is 1. The molecule has 5 nitrogen and oxygen atoms in total. The number of nitro groups is 1. The van der Waals surface area contributed by atoms with Crippen LogP contribution in [0.15, 0.2) is 18.2 Å². The fourth-order valence-corrected chi connectivity index (χ4v) is 2.49. The molecule has 1 aromatic carbocycles. The molecule has 1 atom stereocenters. The molecule has 1 fully saturated rings. The number of halogens is 1. The molecular weight excluding hydrogens is 249 g/mol. The molecule has 0 spiro atoms. The molecule has 1 aliphatic heterocycles. The molecule has 0 amide bonds. The topological polar surface area (TPSA) is 58.4 Å². The van der Waals surface area contributed by atoms with Gasteiger partial charge in [-0.3, -0.25) is 10.1 Å². The second-order valence-corrected chi connectivity index (χ2v) is 4.72. The number of rotatable bonds is 5. The third kappa shape index (κ3) is 3.20.